The Hall–Kier alpha value is -5.29. The number of carbonyl (C=O) groups is 3. The van der Waals surface area contributed by atoms with Crippen molar-refractivity contribution in [3.05, 3.63) is 114 Å². The third-order valence-corrected chi connectivity index (χ3v) is 7.53. The Morgan fingerprint density at radius 2 is 1.47 bits per heavy atom. The summed E-state index contributed by atoms with van der Waals surface area (Å²) in [5.41, 5.74) is 1.34. The molecule has 1 atom stereocenters. The van der Waals surface area contributed by atoms with Gasteiger partial charge < -0.3 is 30.2 Å². The van der Waals surface area contributed by atoms with E-state index in [4.69, 9.17) is 14.2 Å². The van der Waals surface area contributed by atoms with Crippen LogP contribution in [-0.4, -0.2) is 44.3 Å². The van der Waals surface area contributed by atoms with Crippen LogP contribution in [-0.2, 0) is 9.59 Å². The highest BCUT2D eigenvalue weighted by molar-refractivity contribution is 8.00. The second-order valence-corrected chi connectivity index (χ2v) is 11.0. The summed E-state index contributed by atoms with van der Waals surface area (Å²) in [5, 5.41) is 7.54. The van der Waals surface area contributed by atoms with Gasteiger partial charge in [0.05, 0.1) is 32.3 Å². The first kappa shape index (κ1) is 32.6. The molecular weight excluding hydrogens is 597 g/mol. The van der Waals surface area contributed by atoms with E-state index in [1.165, 1.54) is 51.3 Å². The SMILES string of the molecule is COc1cc(/C=C(/NC(=O)c2ccccc2)C(=O)Nc2cccc(SC(C)C(=O)Nc3ccccc3F)c2)cc(OC)c1OC. The van der Waals surface area contributed by atoms with Crippen molar-refractivity contribution in [3.8, 4) is 17.2 Å². The molecule has 1 unspecified atom stereocenters. The second kappa shape index (κ2) is 15.4. The number of ether oxygens (including phenoxy) is 3. The molecule has 3 amide bonds. The molecule has 0 aliphatic carbocycles. The monoisotopic (exact) mass is 629 g/mol. The summed E-state index contributed by atoms with van der Waals surface area (Å²) >= 11 is 1.24. The summed E-state index contributed by atoms with van der Waals surface area (Å²) in [4.78, 5) is 40.1. The Morgan fingerprint density at radius 3 is 2.11 bits per heavy atom. The number of anilines is 2. The van der Waals surface area contributed by atoms with Gasteiger partial charge in [-0.2, -0.15) is 0 Å². The molecule has 0 bridgehead atoms. The Balaban J connectivity index is 1.57. The average molecular weight is 630 g/mol. The number of thioether (sulfide) groups is 1. The lowest BCUT2D eigenvalue weighted by atomic mass is 10.1. The Kier molecular flexibility index (Phi) is 11.2. The van der Waals surface area contributed by atoms with E-state index in [-0.39, 0.29) is 17.3 Å². The van der Waals surface area contributed by atoms with Crippen molar-refractivity contribution in [2.75, 3.05) is 32.0 Å². The molecular formula is C34H32FN3O6S. The summed E-state index contributed by atoms with van der Waals surface area (Å²) in [5.74, 6) is -0.863. The number of halogens is 1. The van der Waals surface area contributed by atoms with Crippen molar-refractivity contribution in [1.29, 1.82) is 0 Å². The van der Waals surface area contributed by atoms with Crippen LogP contribution in [0, 0.1) is 5.82 Å². The smallest absolute Gasteiger partial charge is 0.272 e. The Bertz CT molecular complexity index is 1690. The highest BCUT2D eigenvalue weighted by Gasteiger charge is 2.19. The summed E-state index contributed by atoms with van der Waals surface area (Å²) in [7, 11) is 4.44. The van der Waals surface area contributed by atoms with Gasteiger partial charge in [0.25, 0.3) is 11.8 Å². The largest absolute Gasteiger partial charge is 0.493 e. The first-order chi connectivity index (χ1) is 21.7. The summed E-state index contributed by atoms with van der Waals surface area (Å²) in [6, 6.07) is 24.6. The fourth-order valence-electron chi connectivity index (χ4n) is 4.19. The molecule has 4 aromatic rings. The fourth-order valence-corrected chi connectivity index (χ4v) is 5.12. The molecule has 0 aromatic heterocycles. The number of benzene rings is 4. The van der Waals surface area contributed by atoms with Gasteiger partial charge in [0, 0.05) is 16.1 Å². The van der Waals surface area contributed by atoms with Gasteiger partial charge >= 0.3 is 0 Å². The minimum atomic E-state index is -0.597. The summed E-state index contributed by atoms with van der Waals surface area (Å²) in [6.45, 7) is 1.70. The van der Waals surface area contributed by atoms with Gasteiger partial charge in [0.15, 0.2) is 11.5 Å². The van der Waals surface area contributed by atoms with E-state index >= 15 is 0 Å². The Morgan fingerprint density at radius 1 is 0.800 bits per heavy atom. The first-order valence-corrected chi connectivity index (χ1v) is 14.6. The maximum absolute atomic E-state index is 14.0. The molecule has 9 nitrogen and oxygen atoms in total. The van der Waals surface area contributed by atoms with Gasteiger partial charge in [-0.1, -0.05) is 36.4 Å². The molecule has 0 aliphatic heterocycles. The maximum atomic E-state index is 14.0. The van der Waals surface area contributed by atoms with E-state index in [9.17, 15) is 18.8 Å². The second-order valence-electron chi connectivity index (χ2n) is 9.55. The van der Waals surface area contributed by atoms with Gasteiger partial charge in [0.2, 0.25) is 11.7 Å². The number of amides is 3. The fraction of sp³-hybridized carbons (Fsp3) is 0.147. The molecule has 0 saturated heterocycles. The van der Waals surface area contributed by atoms with E-state index in [1.54, 1.807) is 85.8 Å². The molecule has 232 valence electrons. The van der Waals surface area contributed by atoms with Crippen LogP contribution in [0.25, 0.3) is 6.08 Å². The minimum absolute atomic E-state index is 0.0474. The number of nitrogens with one attached hydrogen (secondary N) is 3. The average Bonchev–Trinajstić information content (AvgIpc) is 3.05. The zero-order chi connectivity index (χ0) is 32.3. The number of para-hydroxylation sites is 1. The number of hydrogen-bond acceptors (Lipinski definition) is 7. The predicted molar refractivity (Wildman–Crippen MR) is 173 cm³/mol. The molecule has 0 aliphatic rings. The predicted octanol–water partition coefficient (Wildman–Crippen LogP) is 6.38. The van der Waals surface area contributed by atoms with Crippen LogP contribution in [0.4, 0.5) is 15.8 Å². The molecule has 0 spiro atoms. The van der Waals surface area contributed by atoms with Crippen molar-refractivity contribution < 1.29 is 33.0 Å². The minimum Gasteiger partial charge on any atom is -0.493 e. The van der Waals surface area contributed by atoms with Crippen LogP contribution in [0.15, 0.2) is 102 Å². The number of hydrogen-bond donors (Lipinski definition) is 3. The third-order valence-electron chi connectivity index (χ3n) is 6.43. The van der Waals surface area contributed by atoms with Crippen LogP contribution >= 0.6 is 11.8 Å². The highest BCUT2D eigenvalue weighted by atomic mass is 32.2. The molecule has 45 heavy (non-hydrogen) atoms. The van der Waals surface area contributed by atoms with Gasteiger partial charge in [-0.3, -0.25) is 14.4 Å². The van der Waals surface area contributed by atoms with E-state index in [0.717, 1.165) is 0 Å². The molecule has 0 radical (unpaired) electrons. The lowest BCUT2D eigenvalue weighted by Crippen LogP contribution is -2.30. The molecule has 3 N–H and O–H groups in total. The summed E-state index contributed by atoms with van der Waals surface area (Å²) in [6.07, 6.45) is 1.49. The number of rotatable bonds is 12. The van der Waals surface area contributed by atoms with Crippen molar-refractivity contribution in [3.63, 3.8) is 0 Å². The summed E-state index contributed by atoms with van der Waals surface area (Å²) < 4.78 is 30.3. The zero-order valence-electron chi connectivity index (χ0n) is 25.1. The third kappa shape index (κ3) is 8.64. The lowest BCUT2D eigenvalue weighted by Gasteiger charge is -2.15. The van der Waals surface area contributed by atoms with Gasteiger partial charge in [-0.05, 0) is 73.2 Å². The van der Waals surface area contributed by atoms with E-state index in [1.807, 2.05) is 0 Å². The maximum Gasteiger partial charge on any atom is 0.272 e. The normalized spacial score (nSPS) is 11.6. The van der Waals surface area contributed by atoms with E-state index in [0.29, 0.717) is 39.0 Å². The van der Waals surface area contributed by atoms with Crippen LogP contribution in [0.2, 0.25) is 0 Å². The quantitative estimate of drug-likeness (QED) is 0.123. The van der Waals surface area contributed by atoms with E-state index < -0.39 is 22.9 Å². The van der Waals surface area contributed by atoms with Gasteiger partial charge in [-0.15, -0.1) is 11.8 Å². The lowest BCUT2D eigenvalue weighted by molar-refractivity contribution is -0.115. The number of carbonyl (C=O) groups excluding carboxylic acids is 3. The van der Waals surface area contributed by atoms with E-state index in [2.05, 4.69) is 16.0 Å². The molecule has 4 aromatic carbocycles. The van der Waals surface area contributed by atoms with Crippen molar-refractivity contribution >= 4 is 46.9 Å². The standard InChI is InChI=1S/C34H32FN3O6S/c1-21(32(39)37-27-16-9-8-15-26(27)35)45-25-14-10-13-24(20-25)36-34(41)28(38-33(40)23-11-6-5-7-12-23)17-22-18-29(42-2)31(44-4)30(19-22)43-3/h5-21H,1-4H3,(H,36,41)(H,37,39)(H,38,40)/b28-17+. The molecule has 4 rings (SSSR count). The van der Waals surface area contributed by atoms with Crippen molar-refractivity contribution in [2.24, 2.45) is 0 Å². The van der Waals surface area contributed by atoms with Crippen molar-refractivity contribution in [2.45, 2.75) is 17.1 Å². The van der Waals surface area contributed by atoms with Gasteiger partial charge in [-0.25, -0.2) is 4.39 Å². The van der Waals surface area contributed by atoms with Crippen LogP contribution in [0.5, 0.6) is 17.2 Å². The highest BCUT2D eigenvalue weighted by Crippen LogP contribution is 2.38. The van der Waals surface area contributed by atoms with Crippen molar-refractivity contribution in [1.82, 2.24) is 5.32 Å². The van der Waals surface area contributed by atoms with Crippen LogP contribution in [0.1, 0.15) is 22.8 Å². The van der Waals surface area contributed by atoms with Crippen LogP contribution < -0.4 is 30.2 Å². The molecule has 11 heteroatoms. The molecule has 0 fully saturated rings. The molecule has 0 saturated carbocycles. The van der Waals surface area contributed by atoms with Gasteiger partial charge in [0.1, 0.15) is 11.5 Å². The topological polar surface area (TPSA) is 115 Å². The Labute approximate surface area is 264 Å². The zero-order valence-corrected chi connectivity index (χ0v) is 25.9. The van der Waals surface area contributed by atoms with Crippen LogP contribution in [0.3, 0.4) is 0 Å². The number of methoxy groups -OCH3 is 3. The first-order valence-electron chi connectivity index (χ1n) is 13.7. The molecule has 0 heterocycles.